The van der Waals surface area contributed by atoms with E-state index in [4.69, 9.17) is 19.9 Å². The van der Waals surface area contributed by atoms with Gasteiger partial charge in [-0.3, -0.25) is 4.79 Å². The number of methoxy groups -OCH3 is 2. The first kappa shape index (κ1) is 17.8. The largest absolute Gasteiger partial charge is 0.493 e. The minimum absolute atomic E-state index is 0.202. The van der Waals surface area contributed by atoms with Crippen LogP contribution < -0.4 is 20.5 Å². The lowest BCUT2D eigenvalue weighted by Crippen LogP contribution is -2.12. The van der Waals surface area contributed by atoms with E-state index in [-0.39, 0.29) is 5.91 Å². The lowest BCUT2D eigenvalue weighted by molar-refractivity contribution is 0.102. The maximum absolute atomic E-state index is 12.3. The van der Waals surface area contributed by atoms with Crippen molar-refractivity contribution in [2.75, 3.05) is 32.8 Å². The Morgan fingerprint density at radius 1 is 1.04 bits per heavy atom. The van der Waals surface area contributed by atoms with Crippen LogP contribution in [0.15, 0.2) is 42.5 Å². The van der Waals surface area contributed by atoms with Gasteiger partial charge in [0.15, 0.2) is 11.5 Å². The number of ether oxygens (including phenoxy) is 3. The van der Waals surface area contributed by atoms with Crippen molar-refractivity contribution in [3.63, 3.8) is 0 Å². The van der Waals surface area contributed by atoms with Gasteiger partial charge in [-0.15, -0.1) is 0 Å². The van der Waals surface area contributed by atoms with Crippen molar-refractivity contribution in [2.45, 2.75) is 6.54 Å². The Balaban J connectivity index is 2.10. The summed E-state index contributed by atoms with van der Waals surface area (Å²) in [5.74, 6) is 0.939. The molecule has 128 valence electrons. The Bertz CT molecular complexity index is 671. The lowest BCUT2D eigenvalue weighted by atomic mass is 10.1. The second-order valence-electron chi connectivity index (χ2n) is 5.06. The highest BCUT2D eigenvalue weighted by Gasteiger charge is 2.10. The predicted octanol–water partition coefficient (Wildman–Crippen LogP) is 2.43. The van der Waals surface area contributed by atoms with Gasteiger partial charge >= 0.3 is 0 Å². The molecule has 3 N–H and O–H groups in total. The van der Waals surface area contributed by atoms with Gasteiger partial charge in [0.2, 0.25) is 0 Å². The molecule has 0 aliphatic carbocycles. The minimum Gasteiger partial charge on any atom is -0.493 e. The van der Waals surface area contributed by atoms with Crippen molar-refractivity contribution >= 4 is 11.6 Å². The fraction of sp³-hybridized carbons (Fsp3) is 0.278. The minimum atomic E-state index is -0.202. The van der Waals surface area contributed by atoms with Crippen LogP contribution >= 0.6 is 0 Å². The highest BCUT2D eigenvalue weighted by molar-refractivity contribution is 6.04. The van der Waals surface area contributed by atoms with Gasteiger partial charge in [-0.05, 0) is 29.8 Å². The van der Waals surface area contributed by atoms with Gasteiger partial charge in [-0.25, -0.2) is 0 Å². The molecule has 0 atom stereocenters. The molecule has 0 fully saturated rings. The number of hydrogen-bond donors (Lipinski definition) is 2. The fourth-order valence-electron chi connectivity index (χ4n) is 2.10. The Morgan fingerprint density at radius 3 is 2.42 bits per heavy atom. The number of hydrogen-bond acceptors (Lipinski definition) is 5. The summed E-state index contributed by atoms with van der Waals surface area (Å²) in [4.78, 5) is 12.3. The number of anilines is 1. The highest BCUT2D eigenvalue weighted by atomic mass is 16.5. The average molecular weight is 330 g/mol. The summed E-state index contributed by atoms with van der Waals surface area (Å²) in [6.45, 7) is 1.31. The molecule has 0 radical (unpaired) electrons. The van der Waals surface area contributed by atoms with Crippen molar-refractivity contribution in [2.24, 2.45) is 5.73 Å². The van der Waals surface area contributed by atoms with Crippen LogP contribution in [0.2, 0.25) is 0 Å². The van der Waals surface area contributed by atoms with Gasteiger partial charge in [0.05, 0.1) is 13.7 Å². The molecule has 24 heavy (non-hydrogen) atoms. The molecule has 0 bridgehead atoms. The van der Waals surface area contributed by atoms with Crippen LogP contribution in [0, 0.1) is 0 Å². The van der Waals surface area contributed by atoms with Gasteiger partial charge < -0.3 is 25.3 Å². The van der Waals surface area contributed by atoms with Gasteiger partial charge in [0, 0.05) is 31.0 Å². The van der Waals surface area contributed by atoms with Crippen LogP contribution in [0.5, 0.6) is 11.5 Å². The molecule has 0 aliphatic rings. The first-order valence-corrected chi connectivity index (χ1v) is 7.58. The number of nitrogens with one attached hydrogen (secondary N) is 1. The molecule has 0 saturated carbocycles. The molecular formula is C18H22N2O4. The number of rotatable bonds is 8. The van der Waals surface area contributed by atoms with Crippen LogP contribution in [0.4, 0.5) is 5.69 Å². The Morgan fingerprint density at radius 2 is 1.79 bits per heavy atom. The smallest absolute Gasteiger partial charge is 0.255 e. The summed E-state index contributed by atoms with van der Waals surface area (Å²) >= 11 is 0. The molecule has 1 amide bonds. The summed E-state index contributed by atoms with van der Waals surface area (Å²) in [6, 6.07) is 12.4. The molecule has 0 aromatic heterocycles. The van der Waals surface area contributed by atoms with E-state index in [1.165, 1.54) is 0 Å². The average Bonchev–Trinajstić information content (AvgIpc) is 2.62. The number of benzene rings is 2. The van der Waals surface area contributed by atoms with E-state index in [9.17, 15) is 4.79 Å². The van der Waals surface area contributed by atoms with Crippen molar-refractivity contribution in [3.8, 4) is 11.5 Å². The summed E-state index contributed by atoms with van der Waals surface area (Å²) in [6.07, 6.45) is 0. The van der Waals surface area contributed by atoms with E-state index >= 15 is 0 Å². The summed E-state index contributed by atoms with van der Waals surface area (Å²) < 4.78 is 15.8. The maximum atomic E-state index is 12.3. The zero-order valence-corrected chi connectivity index (χ0v) is 13.9. The van der Waals surface area contributed by atoms with E-state index in [1.807, 2.05) is 12.1 Å². The quantitative estimate of drug-likeness (QED) is 0.726. The maximum Gasteiger partial charge on any atom is 0.255 e. The molecule has 0 aliphatic heterocycles. The second-order valence-corrected chi connectivity index (χ2v) is 5.06. The number of amides is 1. The van der Waals surface area contributed by atoms with Gasteiger partial charge in [0.25, 0.3) is 5.91 Å². The first-order chi connectivity index (χ1) is 11.7. The molecule has 6 nitrogen and oxygen atoms in total. The topological polar surface area (TPSA) is 82.8 Å². The monoisotopic (exact) mass is 330 g/mol. The van der Waals surface area contributed by atoms with Crippen LogP contribution in [-0.2, 0) is 11.3 Å². The van der Waals surface area contributed by atoms with Crippen molar-refractivity contribution in [1.82, 2.24) is 0 Å². The van der Waals surface area contributed by atoms with Gasteiger partial charge in [-0.2, -0.15) is 0 Å². The van der Waals surface area contributed by atoms with Crippen molar-refractivity contribution < 1.29 is 19.0 Å². The summed E-state index contributed by atoms with van der Waals surface area (Å²) in [7, 11) is 3.17. The van der Waals surface area contributed by atoms with Crippen LogP contribution in [-0.4, -0.2) is 33.3 Å². The Labute approximate surface area is 141 Å². The summed E-state index contributed by atoms with van der Waals surface area (Å²) in [5.41, 5.74) is 7.72. The number of carbonyl (C=O) groups excluding carboxylic acids is 1. The molecule has 0 heterocycles. The van der Waals surface area contributed by atoms with Crippen LogP contribution in [0.3, 0.4) is 0 Å². The molecule has 2 rings (SSSR count). The molecule has 2 aromatic carbocycles. The number of carbonyl (C=O) groups is 1. The SMILES string of the molecule is COCCOc1cc(NC(=O)c2ccc(CN)cc2)ccc1OC. The molecule has 0 saturated heterocycles. The molecule has 0 unspecified atom stereocenters. The third-order valence-corrected chi connectivity index (χ3v) is 3.42. The van der Waals surface area contributed by atoms with E-state index in [2.05, 4.69) is 5.32 Å². The summed E-state index contributed by atoms with van der Waals surface area (Å²) in [5, 5.41) is 2.84. The van der Waals surface area contributed by atoms with E-state index < -0.39 is 0 Å². The van der Waals surface area contributed by atoms with E-state index in [0.717, 1.165) is 5.56 Å². The predicted molar refractivity (Wildman–Crippen MR) is 92.7 cm³/mol. The third-order valence-electron chi connectivity index (χ3n) is 3.42. The molecular weight excluding hydrogens is 308 g/mol. The normalized spacial score (nSPS) is 10.3. The molecule has 6 heteroatoms. The van der Waals surface area contributed by atoms with E-state index in [1.54, 1.807) is 44.6 Å². The fourth-order valence-corrected chi connectivity index (χ4v) is 2.10. The standard InChI is InChI=1S/C18H22N2O4/c1-22-9-10-24-17-11-15(7-8-16(17)23-2)20-18(21)14-5-3-13(12-19)4-6-14/h3-8,11H,9-10,12,19H2,1-2H3,(H,20,21). The molecule has 2 aromatic rings. The Kier molecular flexibility index (Phi) is 6.60. The number of nitrogens with two attached hydrogens (primary N) is 1. The molecule has 0 spiro atoms. The second kappa shape index (κ2) is 8.90. The highest BCUT2D eigenvalue weighted by Crippen LogP contribution is 2.30. The van der Waals surface area contributed by atoms with Crippen molar-refractivity contribution in [3.05, 3.63) is 53.6 Å². The lowest BCUT2D eigenvalue weighted by Gasteiger charge is -2.13. The third kappa shape index (κ3) is 4.71. The first-order valence-electron chi connectivity index (χ1n) is 7.58. The van der Waals surface area contributed by atoms with E-state index in [0.29, 0.717) is 42.5 Å². The van der Waals surface area contributed by atoms with Crippen LogP contribution in [0.1, 0.15) is 15.9 Å². The zero-order chi connectivity index (χ0) is 17.4. The van der Waals surface area contributed by atoms with Crippen LogP contribution in [0.25, 0.3) is 0 Å². The Hall–Kier alpha value is -2.57. The zero-order valence-electron chi connectivity index (χ0n) is 13.9. The van der Waals surface area contributed by atoms with Gasteiger partial charge in [-0.1, -0.05) is 12.1 Å². The van der Waals surface area contributed by atoms with Crippen molar-refractivity contribution in [1.29, 1.82) is 0 Å². The van der Waals surface area contributed by atoms with Gasteiger partial charge in [0.1, 0.15) is 6.61 Å².